The molecule has 3 rings (SSSR count). The lowest BCUT2D eigenvalue weighted by Crippen LogP contribution is -3.00. The summed E-state index contributed by atoms with van der Waals surface area (Å²) >= 11 is 11.9. The Hall–Kier alpha value is -1.01. The molecule has 4 N–H and O–H groups in total. The lowest BCUT2D eigenvalue weighted by atomic mass is 10.1. The van der Waals surface area contributed by atoms with E-state index in [9.17, 15) is 0 Å². The van der Waals surface area contributed by atoms with Crippen molar-refractivity contribution in [1.29, 1.82) is 0 Å². The number of methoxy groups -OCH3 is 1. The molecule has 0 unspecified atom stereocenters. The number of hydrogen-bond donors (Lipinski definition) is 2. The number of ether oxygens (including phenoxy) is 1. The molecule has 4 nitrogen and oxygen atoms in total. The van der Waals surface area contributed by atoms with Crippen LogP contribution in [0.3, 0.4) is 0 Å². The SMILES string of the molecule is COc1ccc2nc3cc(Cl)ccc3c([NH2+]CC[NH2+]CCCl)c2c1.[Cl-].[Cl-]. The van der Waals surface area contributed by atoms with Crippen molar-refractivity contribution >= 4 is 50.7 Å². The summed E-state index contributed by atoms with van der Waals surface area (Å²) < 4.78 is 5.38. The van der Waals surface area contributed by atoms with Crippen molar-refractivity contribution in [2.75, 3.05) is 32.6 Å². The van der Waals surface area contributed by atoms with Crippen LogP contribution < -0.4 is 40.2 Å². The standard InChI is InChI=1S/C18H19Cl2N3O.2ClH/c1-24-13-3-5-16-15(11-13)18(22-9-8-21-7-6-19)14-4-2-12(20)10-17(14)23-16;;/h2-5,10-11,21H,6-9H2,1H3,(H,22,23);2*1H. The van der Waals surface area contributed by atoms with Crippen LogP contribution >= 0.6 is 23.2 Å². The predicted octanol–water partition coefficient (Wildman–Crippen LogP) is -3.94. The number of benzene rings is 2. The molecule has 1 heterocycles. The third-order valence-electron chi connectivity index (χ3n) is 4.02. The van der Waals surface area contributed by atoms with E-state index in [4.69, 9.17) is 32.9 Å². The third-order valence-corrected chi connectivity index (χ3v) is 4.47. The van der Waals surface area contributed by atoms with Crippen LogP contribution in [-0.4, -0.2) is 37.6 Å². The normalized spacial score (nSPS) is 10.4. The number of rotatable bonds is 7. The number of fused-ring (bicyclic) bond motifs is 2. The van der Waals surface area contributed by atoms with Crippen molar-refractivity contribution in [3.63, 3.8) is 0 Å². The highest BCUT2D eigenvalue weighted by molar-refractivity contribution is 6.31. The molecule has 0 bridgehead atoms. The van der Waals surface area contributed by atoms with E-state index in [1.54, 1.807) is 7.11 Å². The highest BCUT2D eigenvalue weighted by Crippen LogP contribution is 2.31. The zero-order valence-electron chi connectivity index (χ0n) is 14.3. The molecule has 0 spiro atoms. The number of halogens is 4. The molecule has 3 aromatic rings. The molecule has 8 heteroatoms. The van der Waals surface area contributed by atoms with Gasteiger partial charge in [0.05, 0.1) is 41.3 Å². The van der Waals surface area contributed by atoms with Crippen molar-refractivity contribution in [2.45, 2.75) is 0 Å². The number of aromatic nitrogens is 1. The second kappa shape index (κ2) is 11.0. The maximum absolute atomic E-state index is 6.14. The first-order valence-corrected chi connectivity index (χ1v) is 8.92. The molecule has 0 saturated carbocycles. The minimum absolute atomic E-state index is 0. The molecule has 0 radical (unpaired) electrons. The molecule has 26 heavy (non-hydrogen) atoms. The van der Waals surface area contributed by atoms with E-state index in [0.717, 1.165) is 47.2 Å². The Morgan fingerprint density at radius 1 is 0.962 bits per heavy atom. The zero-order chi connectivity index (χ0) is 16.9. The van der Waals surface area contributed by atoms with E-state index in [-0.39, 0.29) is 24.8 Å². The number of quaternary nitrogens is 2. The van der Waals surface area contributed by atoms with Crippen LogP contribution in [0.5, 0.6) is 5.75 Å². The summed E-state index contributed by atoms with van der Waals surface area (Å²) in [6.45, 7) is 2.91. The molecule has 1 aromatic heterocycles. The fourth-order valence-electron chi connectivity index (χ4n) is 2.84. The molecule has 0 saturated heterocycles. The van der Waals surface area contributed by atoms with Gasteiger partial charge in [-0.05, 0) is 36.4 Å². The van der Waals surface area contributed by atoms with Gasteiger partial charge in [0.25, 0.3) is 0 Å². The topological polar surface area (TPSA) is 55.3 Å². The molecule has 2 aromatic carbocycles. The second-order valence-corrected chi connectivity index (χ2v) is 6.43. The highest BCUT2D eigenvalue weighted by atomic mass is 35.5. The smallest absolute Gasteiger partial charge is 0.148 e. The maximum atomic E-state index is 6.14. The summed E-state index contributed by atoms with van der Waals surface area (Å²) in [6.07, 6.45) is 0. The molecule has 0 atom stereocenters. The van der Waals surface area contributed by atoms with Crippen LogP contribution in [0.2, 0.25) is 5.02 Å². The van der Waals surface area contributed by atoms with Gasteiger partial charge in [0.15, 0.2) is 0 Å². The van der Waals surface area contributed by atoms with Gasteiger partial charge in [-0.2, -0.15) is 0 Å². The third kappa shape index (κ3) is 5.26. The zero-order valence-corrected chi connectivity index (χ0v) is 17.3. The largest absolute Gasteiger partial charge is 1.00 e. The van der Waals surface area contributed by atoms with E-state index in [2.05, 4.69) is 10.6 Å². The molecule has 142 valence electrons. The van der Waals surface area contributed by atoms with Crippen molar-refractivity contribution in [2.24, 2.45) is 0 Å². The van der Waals surface area contributed by atoms with Gasteiger partial charge in [-0.15, -0.1) is 11.6 Å². The second-order valence-electron chi connectivity index (χ2n) is 5.62. The fraction of sp³-hybridized carbons (Fsp3) is 0.278. The molecular weight excluding hydrogens is 416 g/mol. The number of alkyl halides is 1. The van der Waals surface area contributed by atoms with Crippen molar-refractivity contribution in [3.05, 3.63) is 41.4 Å². The summed E-state index contributed by atoms with van der Waals surface area (Å²) in [4.78, 5) is 4.75. The number of pyridine rings is 1. The van der Waals surface area contributed by atoms with E-state index < -0.39 is 0 Å². The van der Waals surface area contributed by atoms with Crippen LogP contribution in [0.15, 0.2) is 36.4 Å². The van der Waals surface area contributed by atoms with Gasteiger partial charge in [0.2, 0.25) is 0 Å². The van der Waals surface area contributed by atoms with Gasteiger partial charge in [0.1, 0.15) is 24.5 Å². The van der Waals surface area contributed by atoms with E-state index in [1.165, 1.54) is 5.69 Å². The van der Waals surface area contributed by atoms with E-state index in [1.807, 2.05) is 36.4 Å². The van der Waals surface area contributed by atoms with Gasteiger partial charge in [-0.3, -0.25) is 0 Å². The monoisotopic (exact) mass is 435 g/mol. The Labute approximate surface area is 175 Å². The van der Waals surface area contributed by atoms with Crippen molar-refractivity contribution < 1.29 is 40.2 Å². The van der Waals surface area contributed by atoms with Gasteiger partial charge >= 0.3 is 0 Å². The van der Waals surface area contributed by atoms with Gasteiger partial charge in [-0.25, -0.2) is 4.98 Å². The fourth-order valence-corrected chi connectivity index (χ4v) is 3.16. The molecule has 0 fully saturated rings. The first kappa shape index (κ1) is 23.0. The van der Waals surface area contributed by atoms with Gasteiger partial charge in [0, 0.05) is 5.02 Å². The van der Waals surface area contributed by atoms with Crippen molar-refractivity contribution in [3.8, 4) is 5.75 Å². The Kier molecular flexibility index (Phi) is 9.72. The van der Waals surface area contributed by atoms with Crippen molar-refractivity contribution in [1.82, 2.24) is 4.98 Å². The Bertz CT molecular complexity index is 861. The first-order chi connectivity index (χ1) is 11.7. The lowest BCUT2D eigenvalue weighted by molar-refractivity contribution is -0.691. The van der Waals surface area contributed by atoms with Crippen LogP contribution in [-0.2, 0) is 0 Å². The Balaban J connectivity index is 0.00000169. The first-order valence-electron chi connectivity index (χ1n) is 8.01. The minimum Gasteiger partial charge on any atom is -1.00 e. The van der Waals surface area contributed by atoms with E-state index in [0.29, 0.717) is 10.9 Å². The quantitative estimate of drug-likeness (QED) is 0.226. The minimum atomic E-state index is 0. The summed E-state index contributed by atoms with van der Waals surface area (Å²) in [5.74, 6) is 1.51. The summed E-state index contributed by atoms with van der Waals surface area (Å²) in [7, 11) is 1.68. The van der Waals surface area contributed by atoms with Gasteiger partial charge in [-0.1, -0.05) is 11.6 Å². The van der Waals surface area contributed by atoms with Crippen LogP contribution in [0.1, 0.15) is 0 Å². The number of hydrogen-bond acceptors (Lipinski definition) is 2. The Morgan fingerprint density at radius 2 is 1.77 bits per heavy atom. The predicted molar refractivity (Wildman–Crippen MR) is 99.6 cm³/mol. The Morgan fingerprint density at radius 3 is 2.50 bits per heavy atom. The molecule has 0 amide bonds. The summed E-state index contributed by atoms with van der Waals surface area (Å²) in [5.41, 5.74) is 3.04. The molecule has 0 aliphatic rings. The average molecular weight is 437 g/mol. The molecule has 0 aliphatic carbocycles. The number of nitrogens with zero attached hydrogens (tertiary/aromatic N) is 1. The molecule has 0 aliphatic heterocycles. The lowest BCUT2D eigenvalue weighted by Gasteiger charge is -2.10. The van der Waals surface area contributed by atoms with Gasteiger partial charge < -0.3 is 40.2 Å². The summed E-state index contributed by atoms with van der Waals surface area (Å²) in [6, 6.07) is 11.8. The van der Waals surface area contributed by atoms with E-state index >= 15 is 0 Å². The van der Waals surface area contributed by atoms with Crippen LogP contribution in [0.25, 0.3) is 21.8 Å². The highest BCUT2D eigenvalue weighted by Gasteiger charge is 2.14. The number of nitrogens with two attached hydrogens (primary N) is 2. The molecular formula is C18H21Cl4N3O. The average Bonchev–Trinajstić information content (AvgIpc) is 2.60. The maximum Gasteiger partial charge on any atom is 0.148 e. The van der Waals surface area contributed by atoms with Crippen LogP contribution in [0.4, 0.5) is 5.69 Å². The summed E-state index contributed by atoms with van der Waals surface area (Å²) in [5, 5.41) is 7.40. The van der Waals surface area contributed by atoms with Crippen LogP contribution in [0, 0.1) is 0 Å².